The maximum Gasteiger partial charge on any atom is 0.113 e. The molecular weight excluding hydrogens is 164 g/mol. The number of aromatic nitrogens is 1. The van der Waals surface area contributed by atoms with Crippen molar-refractivity contribution in [1.82, 2.24) is 4.98 Å². The average molecular weight is 176 g/mol. The Kier molecular flexibility index (Phi) is 3.97. The van der Waals surface area contributed by atoms with Crippen molar-refractivity contribution < 1.29 is 4.74 Å². The van der Waals surface area contributed by atoms with E-state index in [9.17, 15) is 0 Å². The number of hydrogen-bond donors (Lipinski definition) is 1. The van der Waals surface area contributed by atoms with Crippen molar-refractivity contribution in [3.63, 3.8) is 0 Å². The van der Waals surface area contributed by atoms with E-state index in [1.165, 1.54) is 0 Å². The van der Waals surface area contributed by atoms with Crippen molar-refractivity contribution in [1.29, 1.82) is 0 Å². The van der Waals surface area contributed by atoms with E-state index in [2.05, 4.69) is 16.8 Å². The fourth-order valence-electron chi connectivity index (χ4n) is 0.868. The fraction of sp³-hybridized carbons (Fsp3) is 0.300. The van der Waals surface area contributed by atoms with Gasteiger partial charge in [0, 0.05) is 19.9 Å². The lowest BCUT2D eigenvalue weighted by Gasteiger charge is -1.94. The van der Waals surface area contributed by atoms with Crippen LogP contribution in [-0.4, -0.2) is 18.7 Å². The number of hydrogen-bond acceptors (Lipinski definition) is 3. The summed E-state index contributed by atoms with van der Waals surface area (Å²) in [6.07, 6.45) is 1.71. The van der Waals surface area contributed by atoms with Gasteiger partial charge in [-0.2, -0.15) is 0 Å². The minimum absolute atomic E-state index is 0.425. The van der Waals surface area contributed by atoms with Crippen LogP contribution in [0.25, 0.3) is 0 Å². The zero-order valence-electron chi connectivity index (χ0n) is 7.58. The van der Waals surface area contributed by atoms with Gasteiger partial charge in [0.05, 0.1) is 0 Å². The minimum Gasteiger partial charge on any atom is -0.372 e. The monoisotopic (exact) mass is 176 g/mol. The molecule has 1 heterocycles. The Bertz CT molecular complexity index is 325. The van der Waals surface area contributed by atoms with Gasteiger partial charge in [0.15, 0.2) is 0 Å². The van der Waals surface area contributed by atoms with E-state index in [0.717, 1.165) is 11.3 Å². The Labute approximate surface area is 77.9 Å². The lowest BCUT2D eigenvalue weighted by Crippen LogP contribution is -1.97. The van der Waals surface area contributed by atoms with Gasteiger partial charge in [0.25, 0.3) is 0 Å². The first kappa shape index (κ1) is 9.72. The molecule has 3 nitrogen and oxygen atoms in total. The topological polar surface area (TPSA) is 48.1 Å². The molecule has 1 rings (SSSR count). The average Bonchev–Trinajstić information content (AvgIpc) is 2.19. The summed E-state index contributed by atoms with van der Waals surface area (Å²) in [4.78, 5) is 4.07. The lowest BCUT2D eigenvalue weighted by molar-refractivity contribution is 0.240. The van der Waals surface area contributed by atoms with Crippen LogP contribution in [0.5, 0.6) is 0 Å². The molecular formula is C10H12N2O. The molecule has 0 atom stereocenters. The molecule has 0 aliphatic rings. The zero-order valence-corrected chi connectivity index (χ0v) is 7.58. The third-order valence-electron chi connectivity index (χ3n) is 1.49. The van der Waals surface area contributed by atoms with E-state index in [1.54, 1.807) is 13.3 Å². The molecule has 1 aromatic heterocycles. The standard InChI is InChI=1S/C10H12N2O/c1-13-6-2-3-10-7-9(8-11)4-5-12-10/h4-5,7H,6,8,11H2,1H3. The summed E-state index contributed by atoms with van der Waals surface area (Å²) < 4.78 is 4.79. The first-order valence-corrected chi connectivity index (χ1v) is 3.99. The summed E-state index contributed by atoms with van der Waals surface area (Å²) in [5.41, 5.74) is 7.25. The highest BCUT2D eigenvalue weighted by Crippen LogP contribution is 1.98. The fourth-order valence-corrected chi connectivity index (χ4v) is 0.868. The smallest absolute Gasteiger partial charge is 0.113 e. The number of nitrogens with zero attached hydrogens (tertiary/aromatic N) is 1. The van der Waals surface area contributed by atoms with E-state index < -0.39 is 0 Å². The summed E-state index contributed by atoms with van der Waals surface area (Å²) in [7, 11) is 1.61. The highest BCUT2D eigenvalue weighted by Gasteiger charge is 1.90. The molecule has 0 saturated heterocycles. The molecule has 0 amide bonds. The van der Waals surface area contributed by atoms with Gasteiger partial charge < -0.3 is 10.5 Å². The Morgan fingerprint density at radius 1 is 1.62 bits per heavy atom. The third-order valence-corrected chi connectivity index (χ3v) is 1.49. The van der Waals surface area contributed by atoms with Crippen LogP contribution in [0.1, 0.15) is 11.3 Å². The molecule has 3 heteroatoms. The molecule has 0 radical (unpaired) electrons. The summed E-state index contributed by atoms with van der Waals surface area (Å²) in [5.74, 6) is 5.71. The largest absolute Gasteiger partial charge is 0.372 e. The first-order valence-electron chi connectivity index (χ1n) is 3.99. The summed E-state index contributed by atoms with van der Waals surface area (Å²) in [6, 6.07) is 3.75. The van der Waals surface area contributed by atoms with E-state index >= 15 is 0 Å². The Morgan fingerprint density at radius 2 is 2.46 bits per heavy atom. The van der Waals surface area contributed by atoms with Gasteiger partial charge in [0.2, 0.25) is 0 Å². The summed E-state index contributed by atoms with van der Waals surface area (Å²) >= 11 is 0. The van der Waals surface area contributed by atoms with Gasteiger partial charge in [-0.05, 0) is 23.6 Å². The van der Waals surface area contributed by atoms with Crippen LogP contribution >= 0.6 is 0 Å². The van der Waals surface area contributed by atoms with Crippen molar-refractivity contribution in [2.75, 3.05) is 13.7 Å². The molecule has 0 aliphatic carbocycles. The minimum atomic E-state index is 0.425. The van der Waals surface area contributed by atoms with Crippen LogP contribution in [0.3, 0.4) is 0 Å². The highest BCUT2D eigenvalue weighted by atomic mass is 16.5. The predicted molar refractivity (Wildman–Crippen MR) is 50.9 cm³/mol. The molecule has 68 valence electrons. The summed E-state index contributed by atoms with van der Waals surface area (Å²) in [5, 5.41) is 0. The quantitative estimate of drug-likeness (QED) is 0.669. The van der Waals surface area contributed by atoms with Crippen LogP contribution in [0.4, 0.5) is 0 Å². The van der Waals surface area contributed by atoms with Crippen LogP contribution in [0, 0.1) is 11.8 Å². The van der Waals surface area contributed by atoms with Crippen molar-refractivity contribution in [3.8, 4) is 11.8 Å². The van der Waals surface area contributed by atoms with Crippen molar-refractivity contribution >= 4 is 0 Å². The molecule has 0 aliphatic heterocycles. The van der Waals surface area contributed by atoms with Crippen LogP contribution < -0.4 is 5.73 Å². The normalized spacial score (nSPS) is 9.08. The van der Waals surface area contributed by atoms with Crippen LogP contribution in [0.15, 0.2) is 18.3 Å². The van der Waals surface area contributed by atoms with Crippen LogP contribution in [-0.2, 0) is 11.3 Å². The van der Waals surface area contributed by atoms with Gasteiger partial charge in [-0.3, -0.25) is 0 Å². The van der Waals surface area contributed by atoms with E-state index in [0.29, 0.717) is 13.2 Å². The molecule has 0 fully saturated rings. The Balaban J connectivity index is 2.73. The number of ether oxygens (including phenoxy) is 1. The number of nitrogens with two attached hydrogens (primary N) is 1. The predicted octanol–water partition coefficient (Wildman–Crippen LogP) is 0.538. The molecule has 0 saturated carbocycles. The second kappa shape index (κ2) is 5.31. The van der Waals surface area contributed by atoms with E-state index in [1.807, 2.05) is 12.1 Å². The van der Waals surface area contributed by atoms with E-state index in [4.69, 9.17) is 10.5 Å². The molecule has 0 aromatic carbocycles. The Morgan fingerprint density at radius 3 is 3.15 bits per heavy atom. The van der Waals surface area contributed by atoms with Crippen LogP contribution in [0.2, 0.25) is 0 Å². The van der Waals surface area contributed by atoms with Gasteiger partial charge in [-0.25, -0.2) is 4.98 Å². The second-order valence-electron chi connectivity index (χ2n) is 2.49. The second-order valence-corrected chi connectivity index (χ2v) is 2.49. The number of methoxy groups -OCH3 is 1. The molecule has 0 bridgehead atoms. The number of pyridine rings is 1. The van der Waals surface area contributed by atoms with Gasteiger partial charge in [-0.15, -0.1) is 0 Å². The maximum atomic E-state index is 5.47. The third kappa shape index (κ3) is 3.24. The lowest BCUT2D eigenvalue weighted by atomic mass is 10.2. The highest BCUT2D eigenvalue weighted by molar-refractivity contribution is 5.30. The molecule has 0 unspecified atom stereocenters. The Hall–Kier alpha value is -1.37. The number of rotatable bonds is 2. The van der Waals surface area contributed by atoms with Crippen molar-refractivity contribution in [2.45, 2.75) is 6.54 Å². The van der Waals surface area contributed by atoms with Crippen molar-refractivity contribution in [3.05, 3.63) is 29.6 Å². The maximum absolute atomic E-state index is 5.47. The molecule has 1 aromatic rings. The van der Waals surface area contributed by atoms with E-state index in [-0.39, 0.29) is 0 Å². The molecule has 2 N–H and O–H groups in total. The van der Waals surface area contributed by atoms with Gasteiger partial charge >= 0.3 is 0 Å². The van der Waals surface area contributed by atoms with Gasteiger partial charge in [-0.1, -0.05) is 5.92 Å². The van der Waals surface area contributed by atoms with Crippen molar-refractivity contribution in [2.24, 2.45) is 5.73 Å². The zero-order chi connectivity index (χ0) is 9.52. The molecule has 13 heavy (non-hydrogen) atoms. The van der Waals surface area contributed by atoms with Gasteiger partial charge in [0.1, 0.15) is 12.3 Å². The summed E-state index contributed by atoms with van der Waals surface area (Å²) in [6.45, 7) is 0.940. The SMILES string of the molecule is COCC#Cc1cc(CN)ccn1. The molecule has 0 spiro atoms. The first-order chi connectivity index (χ1) is 6.36.